The fraction of sp³-hybridized carbons (Fsp3) is 0.0909. The molecule has 0 atom stereocenters. The Kier molecular flexibility index (Phi) is 2.99. The van der Waals surface area contributed by atoms with E-state index in [0.29, 0.717) is 5.44 Å². The van der Waals surface area contributed by atoms with E-state index in [1.165, 1.54) is 21.5 Å². The molecule has 1 aliphatic heterocycles. The van der Waals surface area contributed by atoms with Gasteiger partial charge in [0.2, 0.25) is 0 Å². The summed E-state index contributed by atoms with van der Waals surface area (Å²) in [6.07, 6.45) is 2.65. The zero-order valence-corrected chi connectivity index (χ0v) is 9.63. The van der Waals surface area contributed by atoms with Crippen LogP contribution in [0.25, 0.3) is 0 Å². The Morgan fingerprint density at radius 1 is 1.00 bits per heavy atom. The van der Waals surface area contributed by atoms with Crippen LogP contribution >= 0.6 is 0 Å². The second kappa shape index (κ2) is 4.43. The molecule has 1 aromatic carbocycles. The second-order valence-electron chi connectivity index (χ2n) is 3.02. The zero-order valence-electron chi connectivity index (χ0n) is 7.92. The van der Waals surface area contributed by atoms with E-state index < -0.39 is 0 Å². The summed E-state index contributed by atoms with van der Waals surface area (Å²) in [4.78, 5) is 23.8. The third kappa shape index (κ3) is 2.35. The summed E-state index contributed by atoms with van der Waals surface area (Å²) in [5, 5.41) is 0. The summed E-state index contributed by atoms with van der Waals surface area (Å²) in [6, 6.07) is 9.90. The van der Waals surface area contributed by atoms with Gasteiger partial charge in [-0.2, -0.15) is 0 Å². The number of carbonyl (C=O) groups excluding carboxylic acids is 2. The van der Waals surface area contributed by atoms with Gasteiger partial charge in [0.25, 0.3) is 0 Å². The first kappa shape index (κ1) is 10.1. The van der Waals surface area contributed by atoms with E-state index in [1.807, 2.05) is 30.3 Å². The van der Waals surface area contributed by atoms with Gasteiger partial charge in [-0.05, 0) is 0 Å². The van der Waals surface area contributed by atoms with Crippen LogP contribution in [0.4, 0.5) is 0 Å². The van der Waals surface area contributed by atoms with E-state index in [1.54, 1.807) is 0 Å². The Labute approximate surface area is 93.9 Å². The van der Waals surface area contributed by atoms with E-state index in [2.05, 4.69) is 0 Å². The van der Waals surface area contributed by atoms with Gasteiger partial charge in [-0.25, -0.2) is 0 Å². The number of benzene rings is 1. The molecular weight excluding hydrogens is 257 g/mol. The Hall–Kier alpha value is -1.38. The van der Waals surface area contributed by atoms with Crippen molar-refractivity contribution in [3.8, 4) is 0 Å². The molecule has 3 nitrogen and oxygen atoms in total. The zero-order chi connectivity index (χ0) is 10.7. The van der Waals surface area contributed by atoms with Gasteiger partial charge < -0.3 is 0 Å². The number of rotatable bonds is 3. The third-order valence-corrected chi connectivity index (χ3v) is 4.09. The van der Waals surface area contributed by atoms with Crippen molar-refractivity contribution in [2.24, 2.45) is 0 Å². The number of carbonyl (C=O) groups is 2. The summed E-state index contributed by atoms with van der Waals surface area (Å²) >= 11 is 0.137. The Balaban J connectivity index is 1.95. The molecule has 0 bridgehead atoms. The van der Waals surface area contributed by atoms with Crippen molar-refractivity contribution >= 4 is 31.2 Å². The summed E-state index contributed by atoms with van der Waals surface area (Å²) in [7, 11) is 0. The molecule has 4 heteroatoms. The number of amides is 2. The first-order valence-electron chi connectivity index (χ1n) is 4.49. The van der Waals surface area contributed by atoms with Crippen LogP contribution in [0.5, 0.6) is 0 Å². The quantitative estimate of drug-likeness (QED) is 0.566. The molecule has 1 aromatic rings. The molecule has 1 aliphatic rings. The average molecular weight is 266 g/mol. The Morgan fingerprint density at radius 3 is 2.20 bits per heavy atom. The molecule has 0 spiro atoms. The molecule has 0 fully saturated rings. The van der Waals surface area contributed by atoms with Crippen LogP contribution in [0.2, 0.25) is 0 Å². The van der Waals surface area contributed by atoms with Gasteiger partial charge >= 0.3 is 93.6 Å². The van der Waals surface area contributed by atoms with Crippen molar-refractivity contribution in [2.75, 3.05) is 5.44 Å². The predicted molar refractivity (Wildman–Crippen MR) is 57.7 cm³/mol. The van der Waals surface area contributed by atoms with Crippen molar-refractivity contribution in [3.05, 3.63) is 42.5 Å². The molecule has 0 N–H and O–H groups in total. The molecule has 0 radical (unpaired) electrons. The van der Waals surface area contributed by atoms with Crippen molar-refractivity contribution < 1.29 is 9.59 Å². The standard InChI is InChI=1S/C11H9NO2Se/c13-10-6-7-11(14)12(10)8-15-9-4-2-1-3-5-9/h1-7H,8H2. The normalized spacial score (nSPS) is 15.1. The maximum atomic E-state index is 11.2. The van der Waals surface area contributed by atoms with Gasteiger partial charge in [0.1, 0.15) is 0 Å². The topological polar surface area (TPSA) is 37.4 Å². The van der Waals surface area contributed by atoms with E-state index in [9.17, 15) is 9.59 Å². The van der Waals surface area contributed by atoms with Gasteiger partial charge in [-0.1, -0.05) is 0 Å². The maximum absolute atomic E-state index is 11.2. The molecule has 0 unspecified atom stereocenters. The molecule has 0 saturated carbocycles. The number of nitrogens with zero attached hydrogens (tertiary/aromatic N) is 1. The monoisotopic (exact) mass is 267 g/mol. The Bertz CT molecular complexity index is 396. The SMILES string of the molecule is O=C1C=CC(=O)N1C[Se]c1ccccc1. The van der Waals surface area contributed by atoms with Crippen LogP contribution in [-0.4, -0.2) is 37.1 Å². The predicted octanol–water partition coefficient (Wildman–Crippen LogP) is -0.101. The van der Waals surface area contributed by atoms with E-state index in [-0.39, 0.29) is 26.8 Å². The first-order chi connectivity index (χ1) is 7.27. The summed E-state index contributed by atoms with van der Waals surface area (Å²) in [6.45, 7) is 0. The molecule has 2 rings (SSSR count). The van der Waals surface area contributed by atoms with Crippen molar-refractivity contribution in [3.63, 3.8) is 0 Å². The van der Waals surface area contributed by atoms with Gasteiger partial charge in [0.15, 0.2) is 0 Å². The van der Waals surface area contributed by atoms with Gasteiger partial charge in [-0.3, -0.25) is 0 Å². The summed E-state index contributed by atoms with van der Waals surface area (Å²) < 4.78 is 1.19. The van der Waals surface area contributed by atoms with Crippen molar-refractivity contribution in [2.45, 2.75) is 0 Å². The van der Waals surface area contributed by atoms with Crippen LogP contribution in [0.3, 0.4) is 0 Å². The minimum absolute atomic E-state index is 0.137. The molecule has 0 saturated heterocycles. The molecule has 0 aliphatic carbocycles. The van der Waals surface area contributed by atoms with Gasteiger partial charge in [0.05, 0.1) is 0 Å². The van der Waals surface area contributed by atoms with Crippen LogP contribution in [0.15, 0.2) is 42.5 Å². The minimum atomic E-state index is -0.196. The Morgan fingerprint density at radius 2 is 1.60 bits per heavy atom. The van der Waals surface area contributed by atoms with Crippen LogP contribution in [-0.2, 0) is 9.59 Å². The fourth-order valence-corrected chi connectivity index (χ4v) is 3.07. The molecule has 0 aromatic heterocycles. The van der Waals surface area contributed by atoms with Gasteiger partial charge in [0, 0.05) is 0 Å². The number of imide groups is 1. The molecule has 15 heavy (non-hydrogen) atoms. The first-order valence-corrected chi connectivity index (χ1v) is 6.55. The number of hydrogen-bond donors (Lipinski definition) is 0. The molecule has 1 heterocycles. The van der Waals surface area contributed by atoms with Gasteiger partial charge in [-0.15, -0.1) is 0 Å². The molecular formula is C11H9NO2Se. The summed E-state index contributed by atoms with van der Waals surface area (Å²) in [5.74, 6) is -0.393. The average Bonchev–Trinajstić information content (AvgIpc) is 2.58. The van der Waals surface area contributed by atoms with Crippen LogP contribution < -0.4 is 4.46 Å². The summed E-state index contributed by atoms with van der Waals surface area (Å²) in [5.41, 5.74) is 0.516. The third-order valence-electron chi connectivity index (χ3n) is 2.00. The fourth-order valence-electron chi connectivity index (χ4n) is 1.21. The molecule has 76 valence electrons. The molecule has 2 amide bonds. The number of hydrogen-bond acceptors (Lipinski definition) is 2. The van der Waals surface area contributed by atoms with Crippen molar-refractivity contribution in [1.29, 1.82) is 0 Å². The van der Waals surface area contributed by atoms with E-state index >= 15 is 0 Å². The van der Waals surface area contributed by atoms with Crippen molar-refractivity contribution in [1.82, 2.24) is 4.90 Å². The second-order valence-corrected chi connectivity index (χ2v) is 5.16. The van der Waals surface area contributed by atoms with E-state index in [0.717, 1.165) is 0 Å². The van der Waals surface area contributed by atoms with Crippen LogP contribution in [0, 0.1) is 0 Å². The van der Waals surface area contributed by atoms with Crippen LogP contribution in [0.1, 0.15) is 0 Å². The van der Waals surface area contributed by atoms with E-state index in [4.69, 9.17) is 0 Å².